The summed E-state index contributed by atoms with van der Waals surface area (Å²) in [7, 11) is 0. The molecule has 0 saturated carbocycles. The fraction of sp³-hybridized carbons (Fsp3) is 0.222. The third kappa shape index (κ3) is 2.43. The predicted octanol–water partition coefficient (Wildman–Crippen LogP) is 0.967. The van der Waals surface area contributed by atoms with E-state index in [-0.39, 0.29) is 0 Å². The lowest BCUT2D eigenvalue weighted by molar-refractivity contribution is 0.391. The Hall–Kier alpha value is -2.11. The fourth-order valence-electron chi connectivity index (χ4n) is 1.15. The lowest BCUT2D eigenvalue weighted by Crippen LogP contribution is -2.02. The minimum absolute atomic E-state index is 0.434. The van der Waals surface area contributed by atoms with E-state index in [1.807, 2.05) is 13.0 Å². The molecular formula is C9H11N5O. The summed E-state index contributed by atoms with van der Waals surface area (Å²) in [6.45, 7) is 2.40. The Balaban J connectivity index is 1.99. The first-order chi connectivity index (χ1) is 7.24. The molecule has 0 radical (unpaired) electrons. The van der Waals surface area contributed by atoms with Gasteiger partial charge in [-0.2, -0.15) is 0 Å². The number of hydrogen-bond donors (Lipinski definition) is 2. The molecule has 2 rings (SSSR count). The Labute approximate surface area is 86.5 Å². The van der Waals surface area contributed by atoms with Crippen molar-refractivity contribution < 1.29 is 4.52 Å². The Bertz CT molecular complexity index is 453. The monoisotopic (exact) mass is 205 g/mol. The van der Waals surface area contributed by atoms with E-state index in [1.165, 1.54) is 6.33 Å². The maximum Gasteiger partial charge on any atom is 0.133 e. The highest BCUT2D eigenvalue weighted by Gasteiger charge is 2.00. The summed E-state index contributed by atoms with van der Waals surface area (Å²) in [5.74, 6) is 1.89. The molecule has 15 heavy (non-hydrogen) atoms. The van der Waals surface area contributed by atoms with Crippen molar-refractivity contribution in [3.63, 3.8) is 0 Å². The Kier molecular flexibility index (Phi) is 2.49. The first kappa shape index (κ1) is 9.45. The number of rotatable bonds is 3. The van der Waals surface area contributed by atoms with Crippen molar-refractivity contribution in [2.45, 2.75) is 13.5 Å². The zero-order valence-electron chi connectivity index (χ0n) is 8.27. The average Bonchev–Trinajstić information content (AvgIpc) is 2.62. The van der Waals surface area contributed by atoms with Gasteiger partial charge in [0.05, 0.1) is 6.54 Å². The predicted molar refractivity (Wildman–Crippen MR) is 55.0 cm³/mol. The van der Waals surface area contributed by atoms with E-state index in [4.69, 9.17) is 10.3 Å². The van der Waals surface area contributed by atoms with Crippen LogP contribution in [0.25, 0.3) is 0 Å². The van der Waals surface area contributed by atoms with Gasteiger partial charge in [0.1, 0.15) is 29.4 Å². The van der Waals surface area contributed by atoms with E-state index >= 15 is 0 Å². The zero-order valence-corrected chi connectivity index (χ0v) is 8.27. The number of aryl methyl sites for hydroxylation is 1. The van der Waals surface area contributed by atoms with Crippen molar-refractivity contribution >= 4 is 11.6 Å². The van der Waals surface area contributed by atoms with Crippen molar-refractivity contribution in [1.29, 1.82) is 0 Å². The normalized spacial score (nSPS) is 10.2. The summed E-state index contributed by atoms with van der Waals surface area (Å²) < 4.78 is 4.93. The van der Waals surface area contributed by atoms with Gasteiger partial charge >= 0.3 is 0 Å². The van der Waals surface area contributed by atoms with E-state index in [9.17, 15) is 0 Å². The highest BCUT2D eigenvalue weighted by molar-refractivity contribution is 5.43. The lowest BCUT2D eigenvalue weighted by atomic mass is 10.4. The number of nitrogens with zero attached hydrogens (tertiary/aromatic N) is 3. The minimum Gasteiger partial charge on any atom is -0.384 e. The highest BCUT2D eigenvalue weighted by atomic mass is 16.5. The number of nitrogens with two attached hydrogens (primary N) is 1. The summed E-state index contributed by atoms with van der Waals surface area (Å²) in [4.78, 5) is 7.79. The molecule has 0 saturated heterocycles. The Morgan fingerprint density at radius 1 is 1.40 bits per heavy atom. The molecule has 2 aromatic heterocycles. The van der Waals surface area contributed by atoms with Crippen LogP contribution in [0.4, 0.5) is 11.6 Å². The maximum atomic E-state index is 5.51. The SMILES string of the molecule is Cc1cc(CNc2cc(N)ncn2)no1. The summed E-state index contributed by atoms with van der Waals surface area (Å²) in [5.41, 5.74) is 6.33. The van der Waals surface area contributed by atoms with Crippen LogP contribution in [0.1, 0.15) is 11.5 Å². The molecule has 0 aliphatic carbocycles. The molecule has 0 bridgehead atoms. The molecule has 2 heterocycles. The van der Waals surface area contributed by atoms with Crippen LogP contribution in [-0.4, -0.2) is 15.1 Å². The van der Waals surface area contributed by atoms with Gasteiger partial charge in [-0.25, -0.2) is 9.97 Å². The summed E-state index contributed by atoms with van der Waals surface area (Å²) in [6.07, 6.45) is 1.41. The molecule has 3 N–H and O–H groups in total. The van der Waals surface area contributed by atoms with Crippen LogP contribution in [0, 0.1) is 6.92 Å². The van der Waals surface area contributed by atoms with E-state index < -0.39 is 0 Å². The van der Waals surface area contributed by atoms with Gasteiger partial charge < -0.3 is 15.6 Å². The van der Waals surface area contributed by atoms with Crippen LogP contribution < -0.4 is 11.1 Å². The first-order valence-corrected chi connectivity index (χ1v) is 4.47. The number of nitrogens with one attached hydrogen (secondary N) is 1. The van der Waals surface area contributed by atoms with Crippen LogP contribution in [-0.2, 0) is 6.54 Å². The van der Waals surface area contributed by atoms with Gasteiger partial charge in [-0.3, -0.25) is 0 Å². The maximum absolute atomic E-state index is 5.51. The minimum atomic E-state index is 0.434. The molecule has 0 unspecified atom stereocenters. The van der Waals surface area contributed by atoms with Gasteiger partial charge in [0.15, 0.2) is 0 Å². The van der Waals surface area contributed by atoms with Crippen LogP contribution in [0.2, 0.25) is 0 Å². The van der Waals surface area contributed by atoms with Crippen LogP contribution in [0.3, 0.4) is 0 Å². The van der Waals surface area contributed by atoms with Gasteiger partial charge in [-0.1, -0.05) is 5.16 Å². The molecule has 6 heteroatoms. The van der Waals surface area contributed by atoms with Crippen molar-refractivity contribution in [3.8, 4) is 0 Å². The van der Waals surface area contributed by atoms with E-state index in [0.29, 0.717) is 18.2 Å². The molecule has 0 aromatic carbocycles. The quantitative estimate of drug-likeness (QED) is 0.775. The van der Waals surface area contributed by atoms with Crippen molar-refractivity contribution in [2.24, 2.45) is 0 Å². The van der Waals surface area contributed by atoms with Gasteiger partial charge in [0.25, 0.3) is 0 Å². The number of aromatic nitrogens is 3. The summed E-state index contributed by atoms with van der Waals surface area (Å²) >= 11 is 0. The Morgan fingerprint density at radius 2 is 2.27 bits per heavy atom. The summed E-state index contributed by atoms with van der Waals surface area (Å²) in [5, 5.41) is 6.90. The molecule has 0 aliphatic heterocycles. The zero-order chi connectivity index (χ0) is 10.7. The van der Waals surface area contributed by atoms with Crippen LogP contribution >= 0.6 is 0 Å². The second-order valence-corrected chi connectivity index (χ2v) is 3.11. The van der Waals surface area contributed by atoms with E-state index in [1.54, 1.807) is 6.07 Å². The van der Waals surface area contributed by atoms with Gasteiger partial charge in [-0.15, -0.1) is 0 Å². The largest absolute Gasteiger partial charge is 0.384 e. The third-order valence-electron chi connectivity index (χ3n) is 1.82. The molecular weight excluding hydrogens is 194 g/mol. The first-order valence-electron chi connectivity index (χ1n) is 4.47. The molecule has 0 atom stereocenters. The molecule has 6 nitrogen and oxygen atoms in total. The molecule has 2 aromatic rings. The van der Waals surface area contributed by atoms with Gasteiger partial charge in [0.2, 0.25) is 0 Å². The topological polar surface area (TPSA) is 89.9 Å². The van der Waals surface area contributed by atoms with Crippen molar-refractivity contribution in [2.75, 3.05) is 11.1 Å². The fourth-order valence-corrected chi connectivity index (χ4v) is 1.15. The molecule has 0 fully saturated rings. The van der Waals surface area contributed by atoms with Crippen LogP contribution in [0.5, 0.6) is 0 Å². The molecule has 0 aliphatic rings. The van der Waals surface area contributed by atoms with E-state index in [2.05, 4.69) is 20.4 Å². The standard InChI is InChI=1S/C9H11N5O/c1-6-2-7(14-15-6)4-11-9-3-8(10)12-5-13-9/h2-3,5H,4H2,1H3,(H3,10,11,12,13). The lowest BCUT2D eigenvalue weighted by Gasteiger charge is -2.02. The van der Waals surface area contributed by atoms with Crippen LogP contribution in [0.15, 0.2) is 23.0 Å². The number of anilines is 2. The van der Waals surface area contributed by atoms with E-state index in [0.717, 1.165) is 11.5 Å². The molecule has 0 spiro atoms. The number of nitrogen functional groups attached to an aromatic ring is 1. The van der Waals surface area contributed by atoms with Gasteiger partial charge in [0, 0.05) is 12.1 Å². The third-order valence-corrected chi connectivity index (χ3v) is 1.82. The number of hydrogen-bond acceptors (Lipinski definition) is 6. The highest BCUT2D eigenvalue weighted by Crippen LogP contribution is 2.07. The smallest absolute Gasteiger partial charge is 0.133 e. The van der Waals surface area contributed by atoms with Crippen molar-refractivity contribution in [1.82, 2.24) is 15.1 Å². The second-order valence-electron chi connectivity index (χ2n) is 3.11. The van der Waals surface area contributed by atoms with Crippen molar-refractivity contribution in [3.05, 3.63) is 29.9 Å². The molecule has 0 amide bonds. The second kappa shape index (κ2) is 3.95. The Morgan fingerprint density at radius 3 is 2.93 bits per heavy atom. The summed E-state index contributed by atoms with van der Waals surface area (Å²) in [6, 6.07) is 3.52. The van der Waals surface area contributed by atoms with Gasteiger partial charge in [-0.05, 0) is 6.92 Å². The average molecular weight is 205 g/mol. The molecule has 78 valence electrons.